The monoisotopic (exact) mass is 419 g/mol. The minimum absolute atomic E-state index is 0.146. The molecule has 0 aliphatic carbocycles. The lowest BCUT2D eigenvalue weighted by atomic mass is 9.93. The summed E-state index contributed by atoms with van der Waals surface area (Å²) < 4.78 is 27.3. The van der Waals surface area contributed by atoms with E-state index in [4.69, 9.17) is 4.98 Å². The Kier molecular flexibility index (Phi) is 6.08. The number of imidazole rings is 1. The third kappa shape index (κ3) is 4.65. The molecule has 6 nitrogen and oxygen atoms in total. The van der Waals surface area contributed by atoms with Gasteiger partial charge in [-0.25, -0.2) is 13.4 Å². The van der Waals surface area contributed by atoms with Crippen LogP contribution >= 0.6 is 0 Å². The van der Waals surface area contributed by atoms with Gasteiger partial charge in [-0.05, 0) is 43.4 Å². The van der Waals surface area contributed by atoms with Crippen LogP contribution in [0.4, 0.5) is 0 Å². The number of carbonyl (C=O) groups excluding carboxylic acids is 1. The molecule has 0 unspecified atom stereocenters. The zero-order valence-electron chi connectivity index (χ0n) is 18.2. The first-order chi connectivity index (χ1) is 13.5. The highest BCUT2D eigenvalue weighted by atomic mass is 32.2. The van der Waals surface area contributed by atoms with E-state index in [1.54, 1.807) is 19.1 Å². The van der Waals surface area contributed by atoms with Crippen molar-refractivity contribution in [1.82, 2.24) is 14.5 Å². The summed E-state index contributed by atoms with van der Waals surface area (Å²) in [6, 6.07) is 5.35. The highest BCUT2D eigenvalue weighted by molar-refractivity contribution is 7.91. The van der Waals surface area contributed by atoms with Gasteiger partial charge in [0, 0.05) is 32.0 Å². The Bertz CT molecular complexity index is 994. The maximum atomic E-state index is 12.5. The third-order valence-corrected chi connectivity index (χ3v) is 7.64. The standard InChI is InChI=1S/C22H33N3O3S/c1-6-13-29(27,28)18-7-8-20-19(14-18)23-21(22(3,4)5)25(20)15-17-9-11-24(12-10-17)16(2)26/h7-8,14,17H,6,9-13,15H2,1-5H3. The lowest BCUT2D eigenvalue weighted by Gasteiger charge is -2.32. The maximum Gasteiger partial charge on any atom is 0.219 e. The van der Waals surface area contributed by atoms with Crippen LogP contribution in [-0.2, 0) is 26.6 Å². The topological polar surface area (TPSA) is 72.3 Å². The molecule has 2 aromatic rings. The summed E-state index contributed by atoms with van der Waals surface area (Å²) >= 11 is 0. The van der Waals surface area contributed by atoms with Crippen LogP contribution in [0.15, 0.2) is 23.1 Å². The quantitative estimate of drug-likeness (QED) is 0.739. The van der Waals surface area contributed by atoms with Crippen molar-refractivity contribution in [1.29, 1.82) is 0 Å². The van der Waals surface area contributed by atoms with Crippen LogP contribution in [0.5, 0.6) is 0 Å². The average Bonchev–Trinajstić information content (AvgIpc) is 3.00. The second kappa shape index (κ2) is 8.09. The number of fused-ring (bicyclic) bond motifs is 1. The summed E-state index contributed by atoms with van der Waals surface area (Å²) in [6.07, 6.45) is 2.55. The van der Waals surface area contributed by atoms with Crippen molar-refractivity contribution in [2.45, 2.75) is 70.7 Å². The van der Waals surface area contributed by atoms with E-state index in [1.807, 2.05) is 17.9 Å². The van der Waals surface area contributed by atoms with Crippen molar-refractivity contribution in [3.05, 3.63) is 24.0 Å². The van der Waals surface area contributed by atoms with E-state index in [2.05, 4.69) is 25.3 Å². The molecular weight excluding hydrogens is 386 g/mol. The predicted molar refractivity (Wildman–Crippen MR) is 116 cm³/mol. The molecule has 2 heterocycles. The number of rotatable bonds is 5. The van der Waals surface area contributed by atoms with Crippen LogP contribution in [0.25, 0.3) is 11.0 Å². The fraction of sp³-hybridized carbons (Fsp3) is 0.636. The summed E-state index contributed by atoms with van der Waals surface area (Å²) in [5.41, 5.74) is 1.58. The highest BCUT2D eigenvalue weighted by Gasteiger charge is 2.27. The maximum absolute atomic E-state index is 12.5. The number of benzene rings is 1. The summed E-state index contributed by atoms with van der Waals surface area (Å²) in [6.45, 7) is 12.4. The Morgan fingerprint density at radius 1 is 1.21 bits per heavy atom. The Morgan fingerprint density at radius 3 is 2.41 bits per heavy atom. The molecule has 1 aliphatic rings. The first-order valence-corrected chi connectivity index (χ1v) is 12.2. The number of hydrogen-bond acceptors (Lipinski definition) is 4. The van der Waals surface area contributed by atoms with Gasteiger partial charge < -0.3 is 9.47 Å². The van der Waals surface area contributed by atoms with Gasteiger partial charge in [0.1, 0.15) is 5.82 Å². The third-order valence-electron chi connectivity index (χ3n) is 5.72. The van der Waals surface area contributed by atoms with Crippen molar-refractivity contribution in [3.63, 3.8) is 0 Å². The Labute approximate surface area is 174 Å². The van der Waals surface area contributed by atoms with Crippen LogP contribution in [0, 0.1) is 5.92 Å². The fourth-order valence-electron chi connectivity index (χ4n) is 4.14. The molecule has 29 heavy (non-hydrogen) atoms. The minimum Gasteiger partial charge on any atom is -0.343 e. The Morgan fingerprint density at radius 2 is 1.86 bits per heavy atom. The molecule has 1 fully saturated rings. The molecule has 0 bridgehead atoms. The van der Waals surface area contributed by atoms with Crippen molar-refractivity contribution in [3.8, 4) is 0 Å². The summed E-state index contributed by atoms with van der Waals surface area (Å²) in [5, 5.41) is 0. The molecule has 0 radical (unpaired) electrons. The van der Waals surface area contributed by atoms with Crippen molar-refractivity contribution in [2.24, 2.45) is 5.92 Å². The number of sulfone groups is 1. The Balaban J connectivity index is 1.96. The van der Waals surface area contributed by atoms with Gasteiger partial charge in [-0.3, -0.25) is 4.79 Å². The van der Waals surface area contributed by atoms with Crippen LogP contribution in [-0.4, -0.2) is 47.6 Å². The van der Waals surface area contributed by atoms with Crippen molar-refractivity contribution >= 4 is 26.8 Å². The summed E-state index contributed by atoms with van der Waals surface area (Å²) in [4.78, 5) is 18.7. The normalized spacial score (nSPS) is 16.5. The molecule has 0 saturated carbocycles. The first kappa shape index (κ1) is 21.8. The van der Waals surface area contributed by atoms with Gasteiger partial charge in [-0.15, -0.1) is 0 Å². The minimum atomic E-state index is -3.27. The number of amides is 1. The summed E-state index contributed by atoms with van der Waals surface area (Å²) in [5.74, 6) is 1.76. The van der Waals surface area contributed by atoms with Crippen LogP contribution < -0.4 is 0 Å². The van der Waals surface area contributed by atoms with Crippen LogP contribution in [0.3, 0.4) is 0 Å². The van der Waals surface area contributed by atoms with Crippen molar-refractivity contribution < 1.29 is 13.2 Å². The van der Waals surface area contributed by atoms with E-state index in [0.717, 1.165) is 49.3 Å². The molecule has 1 aromatic carbocycles. The molecule has 160 valence electrons. The zero-order valence-corrected chi connectivity index (χ0v) is 19.1. The molecule has 1 saturated heterocycles. The van der Waals surface area contributed by atoms with Gasteiger partial charge >= 0.3 is 0 Å². The summed E-state index contributed by atoms with van der Waals surface area (Å²) in [7, 11) is -3.27. The molecule has 1 aromatic heterocycles. The van der Waals surface area contributed by atoms with E-state index in [0.29, 0.717) is 17.2 Å². The molecule has 3 rings (SSSR count). The van der Waals surface area contributed by atoms with E-state index in [1.165, 1.54) is 0 Å². The van der Waals surface area contributed by atoms with Gasteiger partial charge in [0.25, 0.3) is 0 Å². The highest BCUT2D eigenvalue weighted by Crippen LogP contribution is 2.30. The molecular formula is C22H33N3O3S. The second-order valence-electron chi connectivity index (χ2n) is 9.21. The van der Waals surface area contributed by atoms with E-state index in [-0.39, 0.29) is 17.1 Å². The average molecular weight is 420 g/mol. The SMILES string of the molecule is CCCS(=O)(=O)c1ccc2c(c1)nc(C(C)(C)C)n2CC1CCN(C(C)=O)CC1. The van der Waals surface area contributed by atoms with Gasteiger partial charge in [-0.1, -0.05) is 27.7 Å². The largest absolute Gasteiger partial charge is 0.343 e. The number of carbonyl (C=O) groups is 1. The lowest BCUT2D eigenvalue weighted by molar-refractivity contribution is -0.130. The smallest absolute Gasteiger partial charge is 0.219 e. The van der Waals surface area contributed by atoms with Gasteiger partial charge in [0.05, 0.1) is 21.7 Å². The van der Waals surface area contributed by atoms with Crippen LogP contribution in [0.2, 0.25) is 0 Å². The lowest BCUT2D eigenvalue weighted by Crippen LogP contribution is -2.38. The molecule has 1 amide bonds. The van der Waals surface area contributed by atoms with E-state index >= 15 is 0 Å². The zero-order chi connectivity index (χ0) is 21.4. The van der Waals surface area contributed by atoms with E-state index in [9.17, 15) is 13.2 Å². The molecule has 7 heteroatoms. The molecule has 0 N–H and O–H groups in total. The predicted octanol–water partition coefficient (Wildman–Crippen LogP) is 3.78. The molecule has 1 aliphatic heterocycles. The van der Waals surface area contributed by atoms with Gasteiger partial charge in [-0.2, -0.15) is 0 Å². The molecule has 0 spiro atoms. The van der Waals surface area contributed by atoms with Crippen LogP contribution in [0.1, 0.15) is 59.7 Å². The first-order valence-electron chi connectivity index (χ1n) is 10.5. The van der Waals surface area contributed by atoms with Gasteiger partial charge in [0.2, 0.25) is 5.91 Å². The number of nitrogens with zero attached hydrogens (tertiary/aromatic N) is 3. The number of piperidine rings is 1. The Hall–Kier alpha value is -1.89. The van der Waals surface area contributed by atoms with Crippen molar-refractivity contribution in [2.75, 3.05) is 18.8 Å². The van der Waals surface area contributed by atoms with Gasteiger partial charge in [0.15, 0.2) is 9.84 Å². The number of aromatic nitrogens is 2. The number of hydrogen-bond donors (Lipinski definition) is 0. The number of likely N-dealkylation sites (tertiary alicyclic amines) is 1. The fourth-order valence-corrected chi connectivity index (χ4v) is 5.48. The molecule has 0 atom stereocenters. The van der Waals surface area contributed by atoms with E-state index < -0.39 is 9.84 Å². The second-order valence-corrected chi connectivity index (χ2v) is 11.3.